The molecule has 0 bridgehead atoms. The van der Waals surface area contributed by atoms with Crippen molar-refractivity contribution in [2.24, 2.45) is 0 Å². The molecule has 3 aromatic carbocycles. The van der Waals surface area contributed by atoms with Crippen molar-refractivity contribution in [1.82, 2.24) is 0 Å². The quantitative estimate of drug-likeness (QED) is 0.347. The van der Waals surface area contributed by atoms with Gasteiger partial charge in [0.1, 0.15) is 11.6 Å². The van der Waals surface area contributed by atoms with Gasteiger partial charge in [0.25, 0.3) is 5.91 Å². The van der Waals surface area contributed by atoms with Crippen LogP contribution >= 0.6 is 0 Å². The van der Waals surface area contributed by atoms with Crippen LogP contribution in [0.25, 0.3) is 6.08 Å². The van der Waals surface area contributed by atoms with Crippen LogP contribution < -0.4 is 15.4 Å². The number of nitrogens with one attached hydrogen (secondary N) is 2. The van der Waals surface area contributed by atoms with E-state index in [9.17, 15) is 18.8 Å². The van der Waals surface area contributed by atoms with Gasteiger partial charge < -0.3 is 15.4 Å². The number of halogens is 1. The molecule has 156 valence electrons. The molecule has 0 aliphatic rings. The molecule has 2 amide bonds. The van der Waals surface area contributed by atoms with Gasteiger partial charge in [0.2, 0.25) is 5.91 Å². The normalized spacial score (nSPS) is 10.5. The Morgan fingerprint density at radius 2 is 1.55 bits per heavy atom. The van der Waals surface area contributed by atoms with E-state index in [1.165, 1.54) is 37.3 Å². The maximum absolute atomic E-state index is 13.2. The molecule has 0 aliphatic carbocycles. The summed E-state index contributed by atoms with van der Waals surface area (Å²) in [6.45, 7) is 1.28. The number of carbonyl (C=O) groups excluding carboxylic acids is 3. The molecule has 0 heterocycles. The van der Waals surface area contributed by atoms with E-state index >= 15 is 0 Å². The third-order valence-electron chi connectivity index (χ3n) is 4.04. The first-order chi connectivity index (χ1) is 14.9. The van der Waals surface area contributed by atoms with Gasteiger partial charge in [-0.05, 0) is 66.2 Å². The average Bonchev–Trinajstić information content (AvgIpc) is 2.73. The summed E-state index contributed by atoms with van der Waals surface area (Å²) in [4.78, 5) is 35.5. The Balaban J connectivity index is 1.58. The van der Waals surface area contributed by atoms with E-state index in [0.717, 1.165) is 0 Å². The van der Waals surface area contributed by atoms with Crippen molar-refractivity contribution < 1.29 is 23.5 Å². The van der Waals surface area contributed by atoms with E-state index < -0.39 is 5.97 Å². The fraction of sp³-hybridized carbons (Fsp3) is 0.0417. The molecule has 2 N–H and O–H groups in total. The molecule has 0 spiro atoms. The van der Waals surface area contributed by atoms with Gasteiger partial charge in [-0.2, -0.15) is 0 Å². The Labute approximate surface area is 178 Å². The van der Waals surface area contributed by atoms with Crippen molar-refractivity contribution in [2.75, 3.05) is 10.6 Å². The second-order valence-electron chi connectivity index (χ2n) is 6.53. The zero-order valence-electron chi connectivity index (χ0n) is 16.6. The molecule has 0 saturated carbocycles. The van der Waals surface area contributed by atoms with Crippen LogP contribution in [0, 0.1) is 5.82 Å². The van der Waals surface area contributed by atoms with Gasteiger partial charge in [-0.25, -0.2) is 4.39 Å². The van der Waals surface area contributed by atoms with Gasteiger partial charge in [-0.1, -0.05) is 18.2 Å². The summed E-state index contributed by atoms with van der Waals surface area (Å²) in [5.41, 5.74) is 1.96. The highest BCUT2D eigenvalue weighted by molar-refractivity contribution is 6.05. The van der Waals surface area contributed by atoms with E-state index in [-0.39, 0.29) is 23.4 Å². The first kappa shape index (κ1) is 21.4. The molecule has 0 fully saturated rings. The molecular weight excluding hydrogens is 399 g/mol. The Morgan fingerprint density at radius 3 is 2.23 bits per heavy atom. The topological polar surface area (TPSA) is 84.5 Å². The molecule has 0 radical (unpaired) electrons. The maximum atomic E-state index is 13.2. The summed E-state index contributed by atoms with van der Waals surface area (Å²) in [5.74, 6) is -1.31. The highest BCUT2D eigenvalue weighted by Gasteiger charge is 2.08. The van der Waals surface area contributed by atoms with Crippen molar-refractivity contribution in [3.63, 3.8) is 0 Å². The third-order valence-corrected chi connectivity index (χ3v) is 4.04. The van der Waals surface area contributed by atoms with Gasteiger partial charge in [-0.3, -0.25) is 14.4 Å². The molecule has 7 heteroatoms. The standard InChI is InChI=1S/C24H19FN2O4/c1-16(28)31-22-7-3-5-18(15-22)24(30)27-21-11-9-20(10-12-21)26-23(29)13-8-17-4-2-6-19(25)14-17/h2-15H,1H3,(H,26,29)(H,27,30)/b13-8+. The largest absolute Gasteiger partial charge is 0.427 e. The van der Waals surface area contributed by atoms with Gasteiger partial charge >= 0.3 is 5.97 Å². The summed E-state index contributed by atoms with van der Waals surface area (Å²) in [6, 6.07) is 18.7. The van der Waals surface area contributed by atoms with E-state index in [4.69, 9.17) is 4.74 Å². The monoisotopic (exact) mass is 418 g/mol. The number of benzene rings is 3. The molecule has 6 nitrogen and oxygen atoms in total. The lowest BCUT2D eigenvalue weighted by Crippen LogP contribution is -2.12. The maximum Gasteiger partial charge on any atom is 0.308 e. The van der Waals surface area contributed by atoms with Crippen molar-refractivity contribution in [3.05, 3.63) is 95.8 Å². The van der Waals surface area contributed by atoms with E-state index in [1.807, 2.05) is 0 Å². The number of hydrogen-bond donors (Lipinski definition) is 2. The summed E-state index contributed by atoms with van der Waals surface area (Å²) >= 11 is 0. The number of carbonyl (C=O) groups is 3. The van der Waals surface area contributed by atoms with Crippen LogP contribution in [-0.4, -0.2) is 17.8 Å². The van der Waals surface area contributed by atoms with Gasteiger partial charge in [0, 0.05) is 29.9 Å². The molecule has 0 aromatic heterocycles. The third kappa shape index (κ3) is 6.64. The fourth-order valence-electron chi connectivity index (χ4n) is 2.67. The highest BCUT2D eigenvalue weighted by Crippen LogP contribution is 2.17. The zero-order valence-corrected chi connectivity index (χ0v) is 16.6. The SMILES string of the molecule is CC(=O)Oc1cccc(C(=O)Nc2ccc(NC(=O)/C=C/c3cccc(F)c3)cc2)c1. The number of amides is 2. The number of rotatable bonds is 6. The Kier molecular flexibility index (Phi) is 6.90. The van der Waals surface area contributed by atoms with Crippen molar-refractivity contribution in [1.29, 1.82) is 0 Å². The van der Waals surface area contributed by atoms with Crippen LogP contribution in [0.1, 0.15) is 22.8 Å². The summed E-state index contributed by atoms with van der Waals surface area (Å²) in [7, 11) is 0. The molecular formula is C24H19FN2O4. The Morgan fingerprint density at radius 1 is 0.871 bits per heavy atom. The lowest BCUT2D eigenvalue weighted by molar-refractivity contribution is -0.131. The van der Waals surface area contributed by atoms with E-state index in [0.29, 0.717) is 22.5 Å². The van der Waals surface area contributed by atoms with E-state index in [2.05, 4.69) is 10.6 Å². The first-order valence-electron chi connectivity index (χ1n) is 9.33. The van der Waals surface area contributed by atoms with Crippen LogP contribution in [0.2, 0.25) is 0 Å². The Hall–Kier alpha value is -4.26. The molecule has 0 aliphatic heterocycles. The second-order valence-corrected chi connectivity index (χ2v) is 6.53. The number of hydrogen-bond acceptors (Lipinski definition) is 4. The second kappa shape index (κ2) is 9.98. The van der Waals surface area contributed by atoms with Crippen molar-refractivity contribution in [3.8, 4) is 5.75 Å². The van der Waals surface area contributed by atoms with E-state index in [1.54, 1.807) is 54.6 Å². The fourth-order valence-corrected chi connectivity index (χ4v) is 2.67. The lowest BCUT2D eigenvalue weighted by Gasteiger charge is -2.08. The Bertz CT molecular complexity index is 1140. The predicted molar refractivity (Wildman–Crippen MR) is 116 cm³/mol. The molecule has 31 heavy (non-hydrogen) atoms. The minimum absolute atomic E-state index is 0.282. The number of esters is 1. The summed E-state index contributed by atoms with van der Waals surface area (Å²) in [5, 5.41) is 5.41. The summed E-state index contributed by atoms with van der Waals surface area (Å²) < 4.78 is 18.1. The minimum atomic E-state index is -0.471. The van der Waals surface area contributed by atoms with Gasteiger partial charge in [-0.15, -0.1) is 0 Å². The molecule has 0 atom stereocenters. The predicted octanol–water partition coefficient (Wildman–Crippen LogP) is 4.66. The van der Waals surface area contributed by atoms with Crippen molar-refractivity contribution in [2.45, 2.75) is 6.92 Å². The molecule has 3 aromatic rings. The smallest absolute Gasteiger partial charge is 0.308 e. The minimum Gasteiger partial charge on any atom is -0.427 e. The van der Waals surface area contributed by atoms with Crippen LogP contribution in [-0.2, 0) is 9.59 Å². The highest BCUT2D eigenvalue weighted by atomic mass is 19.1. The van der Waals surface area contributed by atoms with Crippen LogP contribution in [0.3, 0.4) is 0 Å². The van der Waals surface area contributed by atoms with Crippen molar-refractivity contribution >= 4 is 35.2 Å². The molecule has 0 unspecified atom stereocenters. The molecule has 0 saturated heterocycles. The average molecular weight is 418 g/mol. The summed E-state index contributed by atoms with van der Waals surface area (Å²) in [6.07, 6.45) is 2.82. The molecule has 3 rings (SSSR count). The zero-order chi connectivity index (χ0) is 22.2. The van der Waals surface area contributed by atoms with Crippen LogP contribution in [0.4, 0.5) is 15.8 Å². The van der Waals surface area contributed by atoms with Crippen LogP contribution in [0.5, 0.6) is 5.75 Å². The number of ether oxygens (including phenoxy) is 1. The van der Waals surface area contributed by atoms with Crippen LogP contribution in [0.15, 0.2) is 78.9 Å². The first-order valence-corrected chi connectivity index (χ1v) is 9.33. The van der Waals surface area contributed by atoms with Gasteiger partial charge in [0.15, 0.2) is 0 Å². The lowest BCUT2D eigenvalue weighted by atomic mass is 10.2. The number of anilines is 2. The van der Waals surface area contributed by atoms with Gasteiger partial charge in [0.05, 0.1) is 0 Å².